The van der Waals surface area contributed by atoms with Crippen molar-refractivity contribution >= 4 is 21.9 Å². The van der Waals surface area contributed by atoms with Crippen LogP contribution in [0.2, 0.25) is 0 Å². The van der Waals surface area contributed by atoms with Crippen LogP contribution >= 0.6 is 0 Å². The number of hydrogen-bond acceptors (Lipinski definition) is 7. The van der Waals surface area contributed by atoms with E-state index < -0.39 is 14.9 Å². The molecular formula is C18H19N3O6S. The van der Waals surface area contributed by atoms with Crippen LogP contribution in [0, 0.1) is 16.0 Å². The lowest BCUT2D eigenvalue weighted by atomic mass is 10.0. The zero-order valence-corrected chi connectivity index (χ0v) is 16.1. The monoisotopic (exact) mass is 405 g/mol. The molecular weight excluding hydrogens is 386 g/mol. The Labute approximate surface area is 162 Å². The number of sulfonamides is 1. The third-order valence-electron chi connectivity index (χ3n) is 3.97. The van der Waals surface area contributed by atoms with E-state index in [1.54, 1.807) is 12.1 Å². The van der Waals surface area contributed by atoms with Crippen LogP contribution in [-0.2, 0) is 16.4 Å². The zero-order chi connectivity index (χ0) is 20.3. The number of nitrogens with zero attached hydrogens (tertiary/aromatic N) is 2. The number of ether oxygens (including phenoxy) is 2. The van der Waals surface area contributed by atoms with Crippen LogP contribution in [0.1, 0.15) is 25.0 Å². The van der Waals surface area contributed by atoms with Gasteiger partial charge in [0.1, 0.15) is 0 Å². The maximum atomic E-state index is 12.4. The van der Waals surface area contributed by atoms with Crippen LogP contribution in [0.4, 0.5) is 5.69 Å². The van der Waals surface area contributed by atoms with Gasteiger partial charge in [0.05, 0.1) is 27.7 Å². The van der Waals surface area contributed by atoms with Crippen LogP contribution in [0.5, 0.6) is 11.5 Å². The molecule has 10 heteroatoms. The third-order valence-corrected chi connectivity index (χ3v) is 5.21. The summed E-state index contributed by atoms with van der Waals surface area (Å²) >= 11 is 0. The Morgan fingerprint density at radius 1 is 1.21 bits per heavy atom. The molecule has 0 aromatic heterocycles. The first-order valence-electron chi connectivity index (χ1n) is 8.48. The maximum absolute atomic E-state index is 12.4. The molecule has 0 saturated carbocycles. The summed E-state index contributed by atoms with van der Waals surface area (Å²) in [5, 5.41) is 14.9. The topological polar surface area (TPSA) is 120 Å². The van der Waals surface area contributed by atoms with Gasteiger partial charge in [0, 0.05) is 0 Å². The summed E-state index contributed by atoms with van der Waals surface area (Å²) in [4.78, 5) is 12.7. The lowest BCUT2D eigenvalue weighted by Crippen LogP contribution is -2.18. The number of hydrazone groups is 1. The molecule has 3 rings (SSSR count). The second-order valence-corrected chi connectivity index (χ2v) is 8.28. The molecule has 148 valence electrons. The van der Waals surface area contributed by atoms with Crippen molar-refractivity contribution in [3.63, 3.8) is 0 Å². The number of benzene rings is 2. The van der Waals surface area contributed by atoms with Crippen molar-refractivity contribution in [3.8, 4) is 11.5 Å². The van der Waals surface area contributed by atoms with Gasteiger partial charge in [-0.25, -0.2) is 4.83 Å². The first kappa shape index (κ1) is 19.6. The number of nitro benzene ring substituents is 1. The van der Waals surface area contributed by atoms with Gasteiger partial charge in [-0.3, -0.25) is 10.1 Å². The molecule has 0 fully saturated rings. The van der Waals surface area contributed by atoms with E-state index in [1.165, 1.54) is 24.3 Å². The van der Waals surface area contributed by atoms with Gasteiger partial charge in [0.25, 0.3) is 15.7 Å². The molecule has 0 spiro atoms. The van der Waals surface area contributed by atoms with Gasteiger partial charge in [0.2, 0.25) is 6.79 Å². The van der Waals surface area contributed by atoms with Gasteiger partial charge in [-0.15, -0.1) is 0 Å². The standard InChI is InChI=1S/C18H19N3O6S/c1-12(2)7-13-3-5-15(6-4-13)28(24,25)20-19-10-14-8-17-18(27-11-26-17)9-16(14)21(22)23/h3-6,8-10,12,20H,7,11H2,1-2H3/b19-10-. The highest BCUT2D eigenvalue weighted by Gasteiger charge is 2.22. The van der Waals surface area contributed by atoms with E-state index in [0.29, 0.717) is 11.7 Å². The predicted molar refractivity (Wildman–Crippen MR) is 102 cm³/mol. The average Bonchev–Trinajstić information content (AvgIpc) is 3.08. The number of rotatable bonds is 7. The molecule has 1 N–H and O–H groups in total. The minimum absolute atomic E-state index is 0.0352. The molecule has 0 radical (unpaired) electrons. The summed E-state index contributed by atoms with van der Waals surface area (Å²) < 4.78 is 35.0. The Bertz CT molecular complexity index is 1020. The van der Waals surface area contributed by atoms with Crippen LogP contribution < -0.4 is 14.3 Å². The quantitative estimate of drug-likeness (QED) is 0.430. The number of nitro groups is 1. The second kappa shape index (κ2) is 7.85. The first-order chi connectivity index (χ1) is 13.3. The van der Waals surface area contributed by atoms with Crippen LogP contribution in [-0.4, -0.2) is 26.3 Å². The lowest BCUT2D eigenvalue weighted by Gasteiger charge is -2.07. The number of hydrogen-bond donors (Lipinski definition) is 1. The minimum Gasteiger partial charge on any atom is -0.454 e. The van der Waals surface area contributed by atoms with E-state index in [4.69, 9.17) is 9.47 Å². The molecule has 0 saturated heterocycles. The van der Waals surface area contributed by atoms with E-state index in [-0.39, 0.29) is 28.7 Å². The number of fused-ring (bicyclic) bond motifs is 1. The molecule has 2 aromatic rings. The van der Waals surface area contributed by atoms with Crippen molar-refractivity contribution in [3.05, 3.63) is 57.6 Å². The van der Waals surface area contributed by atoms with Gasteiger partial charge < -0.3 is 9.47 Å². The Kier molecular flexibility index (Phi) is 5.50. The van der Waals surface area contributed by atoms with Crippen LogP contribution in [0.25, 0.3) is 0 Å². The largest absolute Gasteiger partial charge is 0.454 e. The summed E-state index contributed by atoms with van der Waals surface area (Å²) in [7, 11) is -3.89. The Balaban J connectivity index is 1.77. The smallest absolute Gasteiger partial charge is 0.282 e. The highest BCUT2D eigenvalue weighted by Crippen LogP contribution is 2.37. The number of nitrogens with one attached hydrogen (secondary N) is 1. The van der Waals surface area contributed by atoms with Crippen molar-refractivity contribution in [2.75, 3.05) is 6.79 Å². The van der Waals surface area contributed by atoms with E-state index >= 15 is 0 Å². The molecule has 0 amide bonds. The molecule has 0 atom stereocenters. The average molecular weight is 405 g/mol. The molecule has 28 heavy (non-hydrogen) atoms. The molecule has 1 aliphatic rings. The summed E-state index contributed by atoms with van der Waals surface area (Å²) in [6.45, 7) is 4.12. The molecule has 0 unspecified atom stereocenters. The Morgan fingerprint density at radius 3 is 2.46 bits per heavy atom. The molecule has 1 aliphatic heterocycles. The highest BCUT2D eigenvalue weighted by atomic mass is 32.2. The van der Waals surface area contributed by atoms with E-state index in [1.807, 2.05) is 0 Å². The summed E-state index contributed by atoms with van der Waals surface area (Å²) in [6.07, 6.45) is 1.91. The Morgan fingerprint density at radius 2 is 1.86 bits per heavy atom. The van der Waals surface area contributed by atoms with Gasteiger partial charge >= 0.3 is 0 Å². The third kappa shape index (κ3) is 4.39. The minimum atomic E-state index is -3.89. The highest BCUT2D eigenvalue weighted by molar-refractivity contribution is 7.89. The summed E-state index contributed by atoms with van der Waals surface area (Å²) in [5.41, 5.74) is 0.850. The van der Waals surface area contributed by atoms with Gasteiger partial charge in [-0.1, -0.05) is 26.0 Å². The normalized spacial score (nSPS) is 13.2. The van der Waals surface area contributed by atoms with Crippen LogP contribution in [0.15, 0.2) is 46.4 Å². The lowest BCUT2D eigenvalue weighted by molar-refractivity contribution is -0.385. The van der Waals surface area contributed by atoms with Gasteiger partial charge in [-0.2, -0.15) is 13.5 Å². The van der Waals surface area contributed by atoms with Crippen molar-refractivity contribution in [2.45, 2.75) is 25.2 Å². The van der Waals surface area contributed by atoms with Crippen molar-refractivity contribution in [1.82, 2.24) is 4.83 Å². The molecule has 1 heterocycles. The fourth-order valence-corrected chi connectivity index (χ4v) is 3.49. The fraction of sp³-hybridized carbons (Fsp3) is 0.278. The summed E-state index contributed by atoms with van der Waals surface area (Å²) in [6, 6.07) is 9.09. The summed E-state index contributed by atoms with van der Waals surface area (Å²) in [5.74, 6) is 1.05. The van der Waals surface area contributed by atoms with Gasteiger partial charge in [-0.05, 0) is 36.1 Å². The van der Waals surface area contributed by atoms with E-state index in [9.17, 15) is 18.5 Å². The van der Waals surface area contributed by atoms with Crippen molar-refractivity contribution in [2.24, 2.45) is 11.0 Å². The zero-order valence-electron chi connectivity index (χ0n) is 15.3. The second-order valence-electron chi connectivity index (χ2n) is 6.62. The van der Waals surface area contributed by atoms with E-state index in [2.05, 4.69) is 23.8 Å². The molecule has 9 nitrogen and oxygen atoms in total. The SMILES string of the molecule is CC(C)Cc1ccc(S(=O)(=O)N/N=C\c2cc3c(cc2[N+](=O)[O-])OCO3)cc1. The van der Waals surface area contributed by atoms with Crippen molar-refractivity contribution in [1.29, 1.82) is 0 Å². The predicted octanol–water partition coefficient (Wildman–Crippen LogP) is 2.83. The molecule has 0 bridgehead atoms. The molecule has 2 aromatic carbocycles. The first-order valence-corrected chi connectivity index (χ1v) is 9.96. The van der Waals surface area contributed by atoms with Crippen LogP contribution in [0.3, 0.4) is 0 Å². The fourth-order valence-electron chi connectivity index (χ4n) is 2.70. The maximum Gasteiger partial charge on any atom is 0.282 e. The van der Waals surface area contributed by atoms with E-state index in [0.717, 1.165) is 18.2 Å². The molecule has 0 aliphatic carbocycles. The van der Waals surface area contributed by atoms with Crippen molar-refractivity contribution < 1.29 is 22.8 Å². The Hall–Kier alpha value is -3.14. The van der Waals surface area contributed by atoms with Gasteiger partial charge in [0.15, 0.2) is 11.5 Å².